The number of hydrogen-bond acceptors (Lipinski definition) is 5. The van der Waals surface area contributed by atoms with E-state index in [0.717, 1.165) is 58.6 Å². The monoisotopic (exact) mass is 776 g/mol. The number of urea groups is 1. The summed E-state index contributed by atoms with van der Waals surface area (Å²) >= 11 is 0. The normalized spacial score (nSPS) is 18.1. The SMILES string of the molecule is CCCCCCCCN(CCCCCCCC)C[C@@H]1O[C@H](c2ccc(-c3ccccc3CNC(=O)NCc3ccccc3)cc2)O[C@H](c2ccc(CO)cc2)[C@@H]1C. The Morgan fingerprint density at radius 3 is 1.86 bits per heavy atom. The van der Waals surface area contributed by atoms with Gasteiger partial charge >= 0.3 is 6.03 Å². The Morgan fingerprint density at radius 1 is 0.632 bits per heavy atom. The standard InChI is InChI=1S/C50H69N3O4/c1-4-6-8-10-12-19-33-53(34-20-13-11-9-7-5-2)37-47-39(3)48(43-27-25-41(38-54)26-28-43)57-49(56-47)44-31-29-42(30-32-44)46-24-18-17-23-45(46)36-52-50(55)51-35-40-21-15-14-16-22-40/h14-18,21-32,39,47-49,54H,4-13,19-20,33-38H2,1-3H3,(H2,51,52,55)/t39-,47+,48+,49+/m1/s1. The first-order valence-corrected chi connectivity index (χ1v) is 22.0. The van der Waals surface area contributed by atoms with Crippen LogP contribution in [0.25, 0.3) is 11.1 Å². The van der Waals surface area contributed by atoms with Gasteiger partial charge in [-0.25, -0.2) is 4.79 Å². The summed E-state index contributed by atoms with van der Waals surface area (Å²) in [6.07, 6.45) is 14.9. The highest BCUT2D eigenvalue weighted by molar-refractivity contribution is 5.75. The Labute approximate surface area is 343 Å². The maximum Gasteiger partial charge on any atom is 0.315 e. The van der Waals surface area contributed by atoms with E-state index in [0.29, 0.717) is 13.1 Å². The van der Waals surface area contributed by atoms with Crippen LogP contribution in [-0.4, -0.2) is 41.8 Å². The summed E-state index contributed by atoms with van der Waals surface area (Å²) in [6, 6.07) is 34.7. The van der Waals surface area contributed by atoms with Crippen molar-refractivity contribution in [2.45, 2.75) is 136 Å². The second-order valence-corrected chi connectivity index (χ2v) is 16.0. The minimum atomic E-state index is -0.516. The predicted octanol–water partition coefficient (Wildman–Crippen LogP) is 11.7. The summed E-state index contributed by atoms with van der Waals surface area (Å²) in [5.74, 6) is 0.140. The van der Waals surface area contributed by atoms with E-state index in [1.165, 1.54) is 77.0 Å². The molecule has 0 aliphatic carbocycles. The third kappa shape index (κ3) is 14.4. The van der Waals surface area contributed by atoms with Crippen molar-refractivity contribution < 1.29 is 19.4 Å². The van der Waals surface area contributed by atoms with Crippen LogP contribution in [0.4, 0.5) is 4.79 Å². The molecule has 7 nitrogen and oxygen atoms in total. The highest BCUT2D eigenvalue weighted by atomic mass is 16.7. The van der Waals surface area contributed by atoms with E-state index >= 15 is 0 Å². The zero-order chi connectivity index (χ0) is 40.1. The van der Waals surface area contributed by atoms with Crippen LogP contribution in [0.3, 0.4) is 0 Å². The number of rotatable bonds is 24. The van der Waals surface area contributed by atoms with Gasteiger partial charge in [-0.1, -0.05) is 188 Å². The van der Waals surface area contributed by atoms with Gasteiger partial charge in [0.2, 0.25) is 0 Å². The van der Waals surface area contributed by atoms with E-state index in [1.54, 1.807) is 0 Å². The summed E-state index contributed by atoms with van der Waals surface area (Å²) < 4.78 is 13.8. The number of aliphatic hydroxyl groups is 1. The molecule has 7 heteroatoms. The lowest BCUT2D eigenvalue weighted by atomic mass is 9.89. The van der Waals surface area contributed by atoms with Crippen molar-refractivity contribution in [3.05, 3.63) is 131 Å². The highest BCUT2D eigenvalue weighted by Gasteiger charge is 2.39. The van der Waals surface area contributed by atoms with Crippen LogP contribution in [0.5, 0.6) is 0 Å². The maximum atomic E-state index is 12.7. The number of nitrogens with zero attached hydrogens (tertiary/aromatic N) is 1. The molecule has 0 aromatic heterocycles. The molecule has 0 bridgehead atoms. The molecule has 1 heterocycles. The van der Waals surface area contributed by atoms with Gasteiger partial charge in [0.05, 0.1) is 18.8 Å². The van der Waals surface area contributed by atoms with E-state index in [4.69, 9.17) is 9.47 Å². The van der Waals surface area contributed by atoms with E-state index < -0.39 is 6.29 Å². The molecule has 1 aliphatic rings. The van der Waals surface area contributed by atoms with E-state index in [9.17, 15) is 9.90 Å². The second kappa shape index (κ2) is 24.7. The van der Waals surface area contributed by atoms with Gasteiger partial charge < -0.3 is 30.1 Å². The van der Waals surface area contributed by atoms with Crippen LogP contribution in [0.2, 0.25) is 0 Å². The van der Waals surface area contributed by atoms with Gasteiger partial charge in [-0.2, -0.15) is 0 Å². The number of hydrogen-bond donors (Lipinski definition) is 3. The number of unbranched alkanes of at least 4 members (excludes halogenated alkanes) is 10. The van der Waals surface area contributed by atoms with E-state index in [1.807, 2.05) is 54.6 Å². The zero-order valence-electron chi connectivity index (χ0n) is 35.0. The van der Waals surface area contributed by atoms with Gasteiger partial charge in [0.15, 0.2) is 6.29 Å². The third-order valence-electron chi connectivity index (χ3n) is 11.5. The number of nitrogens with one attached hydrogen (secondary N) is 2. The Hall–Kier alpha value is -4.01. The number of carbonyl (C=O) groups is 1. The topological polar surface area (TPSA) is 83.1 Å². The first kappa shape index (κ1) is 44.1. The molecule has 5 rings (SSSR count). The minimum Gasteiger partial charge on any atom is -0.392 e. The lowest BCUT2D eigenvalue weighted by molar-refractivity contribution is -0.276. The van der Waals surface area contributed by atoms with Gasteiger partial charge in [0, 0.05) is 31.1 Å². The largest absolute Gasteiger partial charge is 0.392 e. The molecule has 0 unspecified atom stereocenters. The van der Waals surface area contributed by atoms with Crippen molar-refractivity contribution in [1.29, 1.82) is 0 Å². The maximum absolute atomic E-state index is 12.7. The van der Waals surface area contributed by atoms with Gasteiger partial charge in [0.1, 0.15) is 0 Å². The molecule has 4 aromatic rings. The molecule has 0 spiro atoms. The zero-order valence-corrected chi connectivity index (χ0v) is 35.0. The molecule has 1 saturated heterocycles. The molecule has 0 saturated carbocycles. The summed E-state index contributed by atoms with van der Waals surface area (Å²) in [6.45, 7) is 10.8. The molecule has 1 fully saturated rings. The smallest absolute Gasteiger partial charge is 0.315 e. The van der Waals surface area contributed by atoms with Gasteiger partial charge in [0.25, 0.3) is 0 Å². The molecule has 57 heavy (non-hydrogen) atoms. The summed E-state index contributed by atoms with van der Waals surface area (Å²) in [5.41, 5.74) is 7.25. The van der Waals surface area contributed by atoms with Crippen LogP contribution in [-0.2, 0) is 29.2 Å². The summed E-state index contributed by atoms with van der Waals surface area (Å²) in [5, 5.41) is 15.7. The second-order valence-electron chi connectivity index (χ2n) is 16.0. The van der Waals surface area contributed by atoms with Crippen molar-refractivity contribution in [2.75, 3.05) is 19.6 Å². The average Bonchev–Trinajstić information content (AvgIpc) is 3.25. The van der Waals surface area contributed by atoms with E-state index in [2.05, 4.69) is 84.8 Å². The molecule has 3 N–H and O–H groups in total. The lowest BCUT2D eigenvalue weighted by Crippen LogP contribution is -2.45. The summed E-state index contributed by atoms with van der Waals surface area (Å²) in [4.78, 5) is 15.3. The van der Waals surface area contributed by atoms with Crippen LogP contribution >= 0.6 is 0 Å². The van der Waals surface area contributed by atoms with Crippen molar-refractivity contribution in [2.24, 2.45) is 5.92 Å². The quantitative estimate of drug-likeness (QED) is 0.0618. The fraction of sp³-hybridized carbons (Fsp3) is 0.500. The minimum absolute atomic E-state index is 0.00837. The van der Waals surface area contributed by atoms with Crippen molar-refractivity contribution >= 4 is 6.03 Å². The van der Waals surface area contributed by atoms with E-state index in [-0.39, 0.29) is 30.8 Å². The van der Waals surface area contributed by atoms with Crippen molar-refractivity contribution in [3.63, 3.8) is 0 Å². The summed E-state index contributed by atoms with van der Waals surface area (Å²) in [7, 11) is 0. The van der Waals surface area contributed by atoms with Crippen LogP contribution in [0.1, 0.15) is 138 Å². The van der Waals surface area contributed by atoms with Crippen LogP contribution in [0.15, 0.2) is 103 Å². The molecule has 4 aromatic carbocycles. The van der Waals surface area contributed by atoms with Gasteiger partial charge in [-0.15, -0.1) is 0 Å². The Kier molecular flexibility index (Phi) is 19.1. The fourth-order valence-corrected chi connectivity index (χ4v) is 7.90. The molecule has 1 aliphatic heterocycles. The van der Waals surface area contributed by atoms with Gasteiger partial charge in [-0.3, -0.25) is 0 Å². The Balaban J connectivity index is 1.29. The molecule has 4 atom stereocenters. The molecule has 308 valence electrons. The molecular weight excluding hydrogens is 707 g/mol. The highest BCUT2D eigenvalue weighted by Crippen LogP contribution is 2.42. The molecule has 0 radical (unpaired) electrons. The molecule has 2 amide bonds. The van der Waals surface area contributed by atoms with Crippen LogP contribution < -0.4 is 10.6 Å². The number of ether oxygens (including phenoxy) is 2. The Bertz CT molecular complexity index is 1680. The predicted molar refractivity (Wildman–Crippen MR) is 234 cm³/mol. The third-order valence-corrected chi connectivity index (χ3v) is 11.5. The molecular formula is C50H69N3O4. The average molecular weight is 776 g/mol. The number of carbonyl (C=O) groups excluding carboxylic acids is 1. The first-order chi connectivity index (χ1) is 28.0. The van der Waals surface area contributed by atoms with Crippen molar-refractivity contribution in [3.8, 4) is 11.1 Å². The lowest BCUT2D eigenvalue weighted by Gasteiger charge is -2.43. The van der Waals surface area contributed by atoms with Gasteiger partial charge in [-0.05, 0) is 59.3 Å². The Morgan fingerprint density at radius 2 is 1.21 bits per heavy atom. The fourth-order valence-electron chi connectivity index (χ4n) is 7.90. The number of benzene rings is 4. The van der Waals surface area contributed by atoms with Crippen LogP contribution in [0, 0.1) is 5.92 Å². The number of aliphatic hydroxyl groups excluding tert-OH is 1. The number of amides is 2. The first-order valence-electron chi connectivity index (χ1n) is 22.0. The van der Waals surface area contributed by atoms with Crippen molar-refractivity contribution in [1.82, 2.24) is 15.5 Å².